The summed E-state index contributed by atoms with van der Waals surface area (Å²) in [6.45, 7) is 10.7. The van der Waals surface area contributed by atoms with Crippen molar-refractivity contribution >= 4 is 41.8 Å². The summed E-state index contributed by atoms with van der Waals surface area (Å²) in [5.41, 5.74) is 1.88. The van der Waals surface area contributed by atoms with Crippen LogP contribution in [-0.4, -0.2) is 61.4 Å². The monoisotopic (exact) mass is 541 g/mol. The van der Waals surface area contributed by atoms with Crippen molar-refractivity contribution in [2.75, 3.05) is 39.6 Å². The molecule has 0 spiro atoms. The van der Waals surface area contributed by atoms with Gasteiger partial charge in [0.05, 0.1) is 36.2 Å². The molecule has 0 atom stereocenters. The van der Waals surface area contributed by atoms with Gasteiger partial charge in [-0.15, -0.1) is 24.2 Å². The number of unbranched alkanes of at least 4 members (excludes halogenated alkanes) is 1. The lowest BCUT2D eigenvalue weighted by Crippen LogP contribution is -2.32. The zero-order valence-electron chi connectivity index (χ0n) is 21.7. The van der Waals surface area contributed by atoms with E-state index in [1.54, 1.807) is 31.7 Å². The first-order chi connectivity index (χ1) is 16.7. The van der Waals surface area contributed by atoms with Crippen LogP contribution in [0.4, 0.5) is 5.69 Å². The number of allylic oxidation sites excluding steroid dienone is 2. The summed E-state index contributed by atoms with van der Waals surface area (Å²) in [5.74, 6) is -1.30. The lowest BCUT2D eigenvalue weighted by Gasteiger charge is -2.31. The van der Waals surface area contributed by atoms with Crippen molar-refractivity contribution in [3.05, 3.63) is 56.4 Å². The van der Waals surface area contributed by atoms with E-state index in [0.29, 0.717) is 17.0 Å². The SMILES string of the molecule is CCN(CC)CCCCSc1ccc([N+](=O)[O-])cc1C1C(C(=O)OC)=C(C)NC(C)=C1C(=O)OC.Cl. The average Bonchev–Trinajstić information content (AvgIpc) is 2.84. The van der Waals surface area contributed by atoms with Crippen LogP contribution in [0.15, 0.2) is 45.6 Å². The Morgan fingerprint density at radius 2 is 1.61 bits per heavy atom. The molecule has 0 radical (unpaired) electrons. The topological polar surface area (TPSA) is 111 Å². The van der Waals surface area contributed by atoms with Gasteiger partial charge in [0.15, 0.2) is 0 Å². The normalized spacial score (nSPS) is 13.9. The van der Waals surface area contributed by atoms with Gasteiger partial charge in [-0.3, -0.25) is 10.1 Å². The number of nitrogens with one attached hydrogen (secondary N) is 1. The number of thioether (sulfide) groups is 1. The zero-order chi connectivity index (χ0) is 26.1. The second-order valence-corrected chi connectivity index (χ2v) is 9.32. The van der Waals surface area contributed by atoms with E-state index in [4.69, 9.17) is 9.47 Å². The summed E-state index contributed by atoms with van der Waals surface area (Å²) in [6, 6.07) is 4.59. The molecule has 0 unspecified atom stereocenters. The maximum Gasteiger partial charge on any atom is 0.336 e. The smallest absolute Gasteiger partial charge is 0.336 e. The molecule has 9 nitrogen and oxygen atoms in total. The molecule has 0 aromatic heterocycles. The lowest BCUT2D eigenvalue weighted by atomic mass is 9.80. The van der Waals surface area contributed by atoms with Gasteiger partial charge in [0.25, 0.3) is 5.69 Å². The second kappa shape index (κ2) is 14.9. The maximum absolute atomic E-state index is 12.8. The summed E-state index contributed by atoms with van der Waals surface area (Å²) in [4.78, 5) is 39.9. The van der Waals surface area contributed by atoms with Crippen LogP contribution in [0, 0.1) is 10.1 Å². The van der Waals surface area contributed by atoms with Gasteiger partial charge in [0, 0.05) is 28.4 Å². The molecule has 11 heteroatoms. The molecule has 1 aliphatic heterocycles. The van der Waals surface area contributed by atoms with Gasteiger partial charge >= 0.3 is 11.9 Å². The van der Waals surface area contributed by atoms with Crippen molar-refractivity contribution in [1.29, 1.82) is 0 Å². The maximum atomic E-state index is 12.8. The number of rotatable bonds is 12. The van der Waals surface area contributed by atoms with Crippen LogP contribution in [0.3, 0.4) is 0 Å². The number of nitro groups is 1. The molecule has 0 fully saturated rings. The van der Waals surface area contributed by atoms with Crippen LogP contribution in [0.25, 0.3) is 0 Å². The second-order valence-electron chi connectivity index (χ2n) is 8.18. The average molecular weight is 542 g/mol. The molecule has 200 valence electrons. The van der Waals surface area contributed by atoms with E-state index < -0.39 is 22.8 Å². The number of carbonyl (C=O) groups excluding carboxylic acids is 2. The summed E-state index contributed by atoms with van der Waals surface area (Å²) in [7, 11) is 2.53. The van der Waals surface area contributed by atoms with E-state index >= 15 is 0 Å². The van der Waals surface area contributed by atoms with Gasteiger partial charge in [-0.1, -0.05) is 13.8 Å². The van der Waals surface area contributed by atoms with Crippen molar-refractivity contribution in [2.24, 2.45) is 0 Å². The van der Waals surface area contributed by atoms with Gasteiger partial charge < -0.3 is 19.7 Å². The van der Waals surface area contributed by atoms with Crippen LogP contribution in [-0.2, 0) is 19.1 Å². The molecule has 0 aliphatic carbocycles. The van der Waals surface area contributed by atoms with E-state index in [9.17, 15) is 19.7 Å². The Hall–Kier alpha value is -2.56. The number of dihydropyridines is 1. The number of nitrogens with zero attached hydrogens (tertiary/aromatic N) is 2. The molecule has 0 bridgehead atoms. The third-order valence-corrected chi connectivity index (χ3v) is 7.28. The molecule has 1 N–H and O–H groups in total. The number of non-ortho nitro benzene ring substituents is 1. The number of ether oxygens (including phenoxy) is 2. The zero-order valence-corrected chi connectivity index (χ0v) is 23.3. The molecular weight excluding hydrogens is 506 g/mol. The van der Waals surface area contributed by atoms with Crippen LogP contribution in [0.1, 0.15) is 52.0 Å². The minimum Gasteiger partial charge on any atom is -0.466 e. The molecule has 0 amide bonds. The van der Waals surface area contributed by atoms with Crippen molar-refractivity contribution in [2.45, 2.75) is 51.3 Å². The number of nitro benzene ring substituents is 1. The molecular formula is C25H36ClN3O6S. The molecule has 36 heavy (non-hydrogen) atoms. The fraction of sp³-hybridized carbons (Fsp3) is 0.520. The first-order valence-corrected chi connectivity index (χ1v) is 12.7. The van der Waals surface area contributed by atoms with Crippen LogP contribution in [0.2, 0.25) is 0 Å². The van der Waals surface area contributed by atoms with Gasteiger partial charge in [-0.2, -0.15) is 0 Å². The molecule has 1 aromatic rings. The highest BCUT2D eigenvalue weighted by molar-refractivity contribution is 7.99. The molecule has 1 heterocycles. The largest absolute Gasteiger partial charge is 0.466 e. The number of hydrogen-bond acceptors (Lipinski definition) is 9. The molecule has 1 aliphatic rings. The Morgan fingerprint density at radius 1 is 1.06 bits per heavy atom. The van der Waals surface area contributed by atoms with Crippen molar-refractivity contribution in [1.82, 2.24) is 10.2 Å². The summed E-state index contributed by atoms with van der Waals surface area (Å²) in [6.07, 6.45) is 1.99. The number of esters is 2. The fourth-order valence-electron chi connectivity index (χ4n) is 4.23. The lowest BCUT2D eigenvalue weighted by molar-refractivity contribution is -0.385. The Bertz CT molecular complexity index is 985. The number of methoxy groups -OCH3 is 2. The van der Waals surface area contributed by atoms with Gasteiger partial charge in [0.1, 0.15) is 0 Å². The van der Waals surface area contributed by atoms with Crippen molar-refractivity contribution < 1.29 is 24.0 Å². The van der Waals surface area contributed by atoms with Gasteiger partial charge in [-0.25, -0.2) is 9.59 Å². The fourth-order valence-corrected chi connectivity index (χ4v) is 5.31. The number of hydrogen-bond donors (Lipinski definition) is 1. The highest BCUT2D eigenvalue weighted by Crippen LogP contribution is 2.44. The quantitative estimate of drug-likeness (QED) is 0.131. The van der Waals surface area contributed by atoms with Gasteiger partial charge in [-0.05, 0) is 63.7 Å². The Labute approximate surface area is 223 Å². The Balaban J connectivity index is 0.00000648. The van der Waals surface area contributed by atoms with Crippen LogP contribution >= 0.6 is 24.2 Å². The molecule has 1 aromatic carbocycles. The Kier molecular flexibility index (Phi) is 13.0. The number of benzene rings is 1. The molecule has 0 saturated carbocycles. The third-order valence-electron chi connectivity index (χ3n) is 6.11. The summed E-state index contributed by atoms with van der Waals surface area (Å²) >= 11 is 1.56. The number of carbonyl (C=O) groups is 2. The van der Waals surface area contributed by atoms with Crippen molar-refractivity contribution in [3.63, 3.8) is 0 Å². The predicted molar refractivity (Wildman–Crippen MR) is 143 cm³/mol. The van der Waals surface area contributed by atoms with E-state index in [2.05, 4.69) is 24.1 Å². The summed E-state index contributed by atoms with van der Waals surface area (Å²) in [5, 5.41) is 14.7. The molecule has 2 rings (SSSR count). The minimum atomic E-state index is -0.866. The van der Waals surface area contributed by atoms with E-state index in [-0.39, 0.29) is 29.2 Å². The van der Waals surface area contributed by atoms with Crippen molar-refractivity contribution in [3.8, 4) is 0 Å². The minimum absolute atomic E-state index is 0. The van der Waals surface area contributed by atoms with Gasteiger partial charge in [0.2, 0.25) is 0 Å². The summed E-state index contributed by atoms with van der Waals surface area (Å²) < 4.78 is 10.1. The Morgan fingerprint density at radius 3 is 2.08 bits per heavy atom. The van der Waals surface area contributed by atoms with E-state index in [0.717, 1.165) is 43.1 Å². The van der Waals surface area contributed by atoms with Crippen LogP contribution in [0.5, 0.6) is 0 Å². The first-order valence-electron chi connectivity index (χ1n) is 11.7. The van der Waals surface area contributed by atoms with E-state index in [1.807, 2.05) is 0 Å². The van der Waals surface area contributed by atoms with E-state index in [1.165, 1.54) is 26.4 Å². The molecule has 0 saturated heterocycles. The third kappa shape index (κ3) is 7.47. The van der Waals surface area contributed by atoms with Crippen LogP contribution < -0.4 is 5.32 Å². The highest BCUT2D eigenvalue weighted by atomic mass is 35.5. The number of halogens is 1. The first kappa shape index (κ1) is 31.5. The standard InChI is InChI=1S/C25H35N3O6S.ClH/c1-7-27(8-2)13-9-10-14-35-20-12-11-18(28(31)32)15-19(20)23-21(24(29)33-5)16(3)26-17(4)22(23)25(30)34-6;/h11-12,15,23,26H,7-10,13-14H2,1-6H3;1H. The highest BCUT2D eigenvalue weighted by Gasteiger charge is 2.39. The predicted octanol–water partition coefficient (Wildman–Crippen LogP) is 4.81.